The molecule has 0 radical (unpaired) electrons. The lowest BCUT2D eigenvalue weighted by Crippen LogP contribution is -2.29. The second-order valence-electron chi connectivity index (χ2n) is 5.22. The summed E-state index contributed by atoms with van der Waals surface area (Å²) in [5, 5.41) is 13.6. The number of carbonyl (C=O) groups is 1. The van der Waals surface area contributed by atoms with Crippen molar-refractivity contribution in [3.8, 4) is 0 Å². The Labute approximate surface area is 117 Å². The van der Waals surface area contributed by atoms with E-state index in [2.05, 4.69) is 5.32 Å². The summed E-state index contributed by atoms with van der Waals surface area (Å²) in [6.45, 7) is 0.665. The van der Waals surface area contributed by atoms with E-state index in [9.17, 15) is 14.9 Å². The number of para-hydroxylation sites is 2. The summed E-state index contributed by atoms with van der Waals surface area (Å²) < 4.78 is 0. The van der Waals surface area contributed by atoms with Crippen LogP contribution in [0.15, 0.2) is 24.3 Å². The lowest BCUT2D eigenvalue weighted by Gasteiger charge is -2.26. The first kappa shape index (κ1) is 14.5. The zero-order chi connectivity index (χ0) is 14.5. The van der Waals surface area contributed by atoms with Crippen LogP contribution in [0.5, 0.6) is 0 Å². The molecule has 0 atom stereocenters. The quantitative estimate of drug-likeness (QED) is 0.651. The molecule has 1 aliphatic rings. The maximum atomic E-state index is 12.2. The van der Waals surface area contributed by atoms with E-state index in [0.29, 0.717) is 12.5 Å². The van der Waals surface area contributed by atoms with Crippen LogP contribution in [-0.4, -0.2) is 17.4 Å². The number of nitrogens with two attached hydrogens (primary N) is 1. The Bertz CT molecular complexity index is 496. The molecule has 1 amide bonds. The van der Waals surface area contributed by atoms with Gasteiger partial charge in [0.2, 0.25) is 5.91 Å². The van der Waals surface area contributed by atoms with Crippen LogP contribution in [0.4, 0.5) is 11.4 Å². The normalized spacial score (nSPS) is 22.2. The first-order valence-corrected chi connectivity index (χ1v) is 6.86. The molecule has 108 valence electrons. The average Bonchev–Trinajstić information content (AvgIpc) is 2.47. The van der Waals surface area contributed by atoms with Crippen LogP contribution in [0, 0.1) is 22.0 Å². The van der Waals surface area contributed by atoms with Gasteiger partial charge in [0.15, 0.2) is 0 Å². The SMILES string of the molecule is NCC1CCC(C(=O)Nc2ccccc2[N+](=O)[O-])CC1. The smallest absolute Gasteiger partial charge is 0.292 e. The van der Waals surface area contributed by atoms with E-state index in [4.69, 9.17) is 5.73 Å². The number of nitrogens with zero attached hydrogens (tertiary/aromatic N) is 1. The molecule has 0 saturated heterocycles. The summed E-state index contributed by atoms with van der Waals surface area (Å²) in [6, 6.07) is 6.21. The van der Waals surface area contributed by atoms with Gasteiger partial charge in [-0.3, -0.25) is 14.9 Å². The number of nitro groups is 1. The maximum Gasteiger partial charge on any atom is 0.292 e. The van der Waals surface area contributed by atoms with Crippen molar-refractivity contribution in [2.45, 2.75) is 25.7 Å². The second-order valence-corrected chi connectivity index (χ2v) is 5.22. The molecule has 1 aromatic carbocycles. The molecule has 0 heterocycles. The van der Waals surface area contributed by atoms with Gasteiger partial charge in [-0.2, -0.15) is 0 Å². The van der Waals surface area contributed by atoms with Crippen LogP contribution in [0.2, 0.25) is 0 Å². The number of rotatable bonds is 4. The molecular formula is C14H19N3O3. The van der Waals surface area contributed by atoms with Gasteiger partial charge in [0, 0.05) is 12.0 Å². The Kier molecular flexibility index (Phi) is 4.68. The minimum Gasteiger partial charge on any atom is -0.330 e. The fourth-order valence-corrected chi connectivity index (χ4v) is 2.63. The summed E-state index contributed by atoms with van der Waals surface area (Å²) in [4.78, 5) is 22.6. The van der Waals surface area contributed by atoms with Gasteiger partial charge >= 0.3 is 0 Å². The van der Waals surface area contributed by atoms with E-state index in [0.717, 1.165) is 25.7 Å². The molecule has 20 heavy (non-hydrogen) atoms. The summed E-state index contributed by atoms with van der Waals surface area (Å²) >= 11 is 0. The lowest BCUT2D eigenvalue weighted by molar-refractivity contribution is -0.383. The van der Waals surface area contributed by atoms with Gasteiger partial charge in [0.25, 0.3) is 5.69 Å². The second kappa shape index (κ2) is 6.47. The molecule has 0 bridgehead atoms. The Morgan fingerprint density at radius 3 is 2.55 bits per heavy atom. The standard InChI is InChI=1S/C14H19N3O3/c15-9-10-5-7-11(8-6-10)14(18)16-12-3-1-2-4-13(12)17(19)20/h1-4,10-11H,5-9,15H2,(H,16,18). The predicted molar refractivity (Wildman–Crippen MR) is 76.2 cm³/mol. The van der Waals surface area contributed by atoms with Crippen LogP contribution in [-0.2, 0) is 4.79 Å². The summed E-state index contributed by atoms with van der Waals surface area (Å²) in [6.07, 6.45) is 3.50. The number of hydrogen-bond acceptors (Lipinski definition) is 4. The van der Waals surface area contributed by atoms with E-state index >= 15 is 0 Å². The van der Waals surface area contributed by atoms with Gasteiger partial charge in [-0.25, -0.2) is 0 Å². The average molecular weight is 277 g/mol. The highest BCUT2D eigenvalue weighted by Crippen LogP contribution is 2.30. The van der Waals surface area contributed by atoms with Crippen molar-refractivity contribution in [3.63, 3.8) is 0 Å². The van der Waals surface area contributed by atoms with Crippen LogP contribution in [0.25, 0.3) is 0 Å². The zero-order valence-electron chi connectivity index (χ0n) is 11.2. The molecule has 0 spiro atoms. The number of anilines is 1. The number of carbonyl (C=O) groups excluding carboxylic acids is 1. The molecule has 0 aliphatic heterocycles. The number of nitro benzene ring substituents is 1. The van der Waals surface area contributed by atoms with Gasteiger partial charge in [0.05, 0.1) is 4.92 Å². The van der Waals surface area contributed by atoms with Gasteiger partial charge in [-0.1, -0.05) is 12.1 Å². The van der Waals surface area contributed by atoms with Crippen molar-refractivity contribution in [1.82, 2.24) is 0 Å². The first-order chi connectivity index (χ1) is 9.61. The highest BCUT2D eigenvalue weighted by Gasteiger charge is 2.26. The van der Waals surface area contributed by atoms with Crippen LogP contribution >= 0.6 is 0 Å². The van der Waals surface area contributed by atoms with Gasteiger partial charge < -0.3 is 11.1 Å². The maximum absolute atomic E-state index is 12.2. The molecule has 0 aromatic heterocycles. The molecule has 6 heteroatoms. The monoisotopic (exact) mass is 277 g/mol. The van der Waals surface area contributed by atoms with Crippen LogP contribution < -0.4 is 11.1 Å². The summed E-state index contributed by atoms with van der Waals surface area (Å²) in [5.41, 5.74) is 5.82. The highest BCUT2D eigenvalue weighted by atomic mass is 16.6. The number of amides is 1. The summed E-state index contributed by atoms with van der Waals surface area (Å²) in [5.74, 6) is 0.303. The van der Waals surface area contributed by atoms with E-state index in [1.54, 1.807) is 18.2 Å². The van der Waals surface area contributed by atoms with Crippen molar-refractivity contribution >= 4 is 17.3 Å². The van der Waals surface area contributed by atoms with E-state index in [1.807, 2.05) is 0 Å². The fourth-order valence-electron chi connectivity index (χ4n) is 2.63. The molecule has 1 aliphatic carbocycles. The van der Waals surface area contributed by atoms with Crippen molar-refractivity contribution in [2.75, 3.05) is 11.9 Å². The molecule has 2 rings (SSSR count). The molecule has 1 saturated carbocycles. The van der Waals surface area contributed by atoms with E-state index in [-0.39, 0.29) is 23.2 Å². The van der Waals surface area contributed by atoms with E-state index < -0.39 is 4.92 Å². The largest absolute Gasteiger partial charge is 0.330 e. The van der Waals surface area contributed by atoms with Crippen LogP contribution in [0.3, 0.4) is 0 Å². The Balaban J connectivity index is 2.00. The number of nitrogens with one attached hydrogen (secondary N) is 1. The number of benzene rings is 1. The molecule has 0 unspecified atom stereocenters. The number of hydrogen-bond donors (Lipinski definition) is 2. The minimum absolute atomic E-state index is 0.0717. The van der Waals surface area contributed by atoms with Gasteiger partial charge in [0.1, 0.15) is 5.69 Å². The third-order valence-electron chi connectivity index (χ3n) is 3.91. The third-order valence-corrected chi connectivity index (χ3v) is 3.91. The fraction of sp³-hybridized carbons (Fsp3) is 0.500. The summed E-state index contributed by atoms with van der Waals surface area (Å²) in [7, 11) is 0. The zero-order valence-corrected chi connectivity index (χ0v) is 11.2. The Hall–Kier alpha value is -1.95. The molecule has 1 aromatic rings. The Morgan fingerprint density at radius 1 is 1.30 bits per heavy atom. The van der Waals surface area contributed by atoms with Crippen molar-refractivity contribution in [1.29, 1.82) is 0 Å². The highest BCUT2D eigenvalue weighted by molar-refractivity contribution is 5.94. The molecule has 3 N–H and O–H groups in total. The van der Waals surface area contributed by atoms with E-state index in [1.165, 1.54) is 6.07 Å². The van der Waals surface area contributed by atoms with Crippen molar-refractivity contribution in [2.24, 2.45) is 17.6 Å². The lowest BCUT2D eigenvalue weighted by atomic mass is 9.81. The topological polar surface area (TPSA) is 98.3 Å². The first-order valence-electron chi connectivity index (χ1n) is 6.86. The molecule has 6 nitrogen and oxygen atoms in total. The van der Waals surface area contributed by atoms with Crippen molar-refractivity contribution in [3.05, 3.63) is 34.4 Å². The Morgan fingerprint density at radius 2 is 1.95 bits per heavy atom. The predicted octanol–water partition coefficient (Wildman–Crippen LogP) is 2.30. The van der Waals surface area contributed by atoms with Gasteiger partial charge in [-0.15, -0.1) is 0 Å². The minimum atomic E-state index is -0.485. The van der Waals surface area contributed by atoms with Crippen molar-refractivity contribution < 1.29 is 9.72 Å². The molecular weight excluding hydrogens is 258 g/mol. The third kappa shape index (κ3) is 3.33. The molecule has 1 fully saturated rings. The van der Waals surface area contributed by atoms with Gasteiger partial charge in [-0.05, 0) is 44.2 Å². The van der Waals surface area contributed by atoms with Crippen LogP contribution in [0.1, 0.15) is 25.7 Å².